The summed E-state index contributed by atoms with van der Waals surface area (Å²) in [5.41, 5.74) is 6.38. The van der Waals surface area contributed by atoms with Gasteiger partial charge in [-0.2, -0.15) is 0 Å². The molecule has 0 bridgehead atoms. The van der Waals surface area contributed by atoms with Crippen molar-refractivity contribution in [3.8, 4) is 0 Å². The quantitative estimate of drug-likeness (QED) is 0.391. The Kier molecular flexibility index (Phi) is 7.11. The molecular weight excluding hydrogens is 424 g/mol. The predicted molar refractivity (Wildman–Crippen MR) is 122 cm³/mol. The molecule has 0 saturated carbocycles. The van der Waals surface area contributed by atoms with E-state index < -0.39 is 17.4 Å². The van der Waals surface area contributed by atoms with Crippen LogP contribution < -0.4 is 0 Å². The van der Waals surface area contributed by atoms with Crippen molar-refractivity contribution in [3.63, 3.8) is 0 Å². The zero-order chi connectivity index (χ0) is 24.1. The number of allylic oxidation sites excluding steroid dienone is 8. The Morgan fingerprint density at radius 3 is 1.13 bits per heavy atom. The molecule has 4 nitrogen and oxygen atoms in total. The van der Waals surface area contributed by atoms with Gasteiger partial charge in [0.05, 0.1) is 0 Å². The molecule has 0 aromatic heterocycles. The third kappa shape index (κ3) is 3.84. The van der Waals surface area contributed by atoms with Crippen LogP contribution in [0.4, 0.5) is 0 Å². The van der Waals surface area contributed by atoms with Crippen LogP contribution in [-0.2, 0) is 33.6 Å². The van der Waals surface area contributed by atoms with Crippen LogP contribution in [0.2, 0.25) is 0 Å². The fourth-order valence-electron chi connectivity index (χ4n) is 5.32. The topological polar surface area (TPSA) is 52.6 Å². The summed E-state index contributed by atoms with van der Waals surface area (Å²) in [6.45, 7) is 25.0. The molecule has 0 radical (unpaired) electrons. The van der Waals surface area contributed by atoms with Gasteiger partial charge in [0.25, 0.3) is 0 Å². The first kappa shape index (κ1) is 25.9. The molecule has 0 atom stereocenters. The Morgan fingerprint density at radius 1 is 0.645 bits per heavy atom. The van der Waals surface area contributed by atoms with E-state index in [0.717, 1.165) is 18.9 Å². The summed E-state index contributed by atoms with van der Waals surface area (Å²) in [7, 11) is 0. The molecular formula is C26H40O4Ti. The molecule has 0 N–H and O–H groups in total. The van der Waals surface area contributed by atoms with Crippen LogP contribution in [0.15, 0.2) is 41.2 Å². The summed E-state index contributed by atoms with van der Waals surface area (Å²) in [6, 6.07) is 0. The molecule has 172 valence electrons. The molecule has 0 spiro atoms. The van der Waals surface area contributed by atoms with E-state index in [2.05, 4.69) is 69.2 Å². The van der Waals surface area contributed by atoms with Crippen LogP contribution in [0.25, 0.3) is 0 Å². The summed E-state index contributed by atoms with van der Waals surface area (Å²) in [4.78, 5) is 25.9. The van der Waals surface area contributed by atoms with Crippen LogP contribution >= 0.6 is 0 Å². The molecule has 0 heterocycles. The van der Waals surface area contributed by atoms with E-state index in [0.29, 0.717) is 0 Å². The third-order valence-corrected chi connectivity index (χ3v) is 14.7. The average Bonchev–Trinajstić information content (AvgIpc) is 2.94. The Balaban J connectivity index is 3.02. The van der Waals surface area contributed by atoms with Crippen LogP contribution in [0.1, 0.15) is 95.9 Å². The molecule has 0 fully saturated rings. The average molecular weight is 464 g/mol. The first-order valence-corrected chi connectivity index (χ1v) is 14.2. The van der Waals surface area contributed by atoms with Crippen molar-refractivity contribution in [1.82, 2.24) is 0 Å². The number of rotatable bonds is 6. The van der Waals surface area contributed by atoms with Gasteiger partial charge in [-0.1, -0.05) is 0 Å². The Morgan fingerprint density at radius 2 is 0.935 bits per heavy atom. The predicted octanol–water partition coefficient (Wildman–Crippen LogP) is 7.18. The van der Waals surface area contributed by atoms with E-state index >= 15 is 0 Å². The zero-order valence-electron chi connectivity index (χ0n) is 21.5. The van der Waals surface area contributed by atoms with Crippen molar-refractivity contribution >= 4 is 11.9 Å². The Labute approximate surface area is 193 Å². The third-order valence-electron chi connectivity index (χ3n) is 7.88. The van der Waals surface area contributed by atoms with Gasteiger partial charge in [0.15, 0.2) is 0 Å². The van der Waals surface area contributed by atoms with Crippen molar-refractivity contribution < 1.29 is 33.6 Å². The van der Waals surface area contributed by atoms with Crippen LogP contribution in [0, 0.1) is 10.8 Å². The molecule has 0 amide bonds. The van der Waals surface area contributed by atoms with E-state index in [1.165, 1.54) is 22.3 Å². The van der Waals surface area contributed by atoms with Crippen molar-refractivity contribution in [2.75, 3.05) is 0 Å². The van der Waals surface area contributed by atoms with Gasteiger partial charge < -0.3 is 0 Å². The van der Waals surface area contributed by atoms with E-state index in [9.17, 15) is 9.59 Å². The monoisotopic (exact) mass is 464 g/mol. The van der Waals surface area contributed by atoms with Gasteiger partial charge in [0, 0.05) is 0 Å². The van der Waals surface area contributed by atoms with E-state index in [-0.39, 0.29) is 35.6 Å². The first-order valence-electron chi connectivity index (χ1n) is 11.3. The van der Waals surface area contributed by atoms with Crippen LogP contribution in [0.5, 0.6) is 0 Å². The second-order valence-corrected chi connectivity index (χ2v) is 14.1. The Hall–Kier alpha value is -1.39. The van der Waals surface area contributed by atoms with Gasteiger partial charge >= 0.3 is 193 Å². The summed E-state index contributed by atoms with van der Waals surface area (Å²) >= 11 is -4.42. The normalized spacial score (nSPS) is 20.8. The van der Waals surface area contributed by atoms with Crippen LogP contribution in [0.3, 0.4) is 0 Å². The molecule has 0 aromatic rings. The van der Waals surface area contributed by atoms with Crippen LogP contribution in [-0.4, -0.2) is 11.9 Å². The fraction of sp³-hybridized carbons (Fsp3) is 0.615. The van der Waals surface area contributed by atoms with Gasteiger partial charge in [-0.15, -0.1) is 0 Å². The van der Waals surface area contributed by atoms with Gasteiger partial charge in [0.1, 0.15) is 0 Å². The van der Waals surface area contributed by atoms with Gasteiger partial charge in [-0.25, -0.2) is 0 Å². The SMILES string of the molecule is CCC(=O)[O][Ti]([O]C(=O)CC)([C]1=C(C)C(C)=C(C)C1(C)C)[C]1=C(C)C(C)=C(C)C1(C)C. The molecule has 2 aliphatic carbocycles. The van der Waals surface area contributed by atoms with Gasteiger partial charge in [-0.3, -0.25) is 0 Å². The zero-order valence-corrected chi connectivity index (χ0v) is 23.1. The molecule has 31 heavy (non-hydrogen) atoms. The van der Waals surface area contributed by atoms with Crippen molar-refractivity contribution in [2.45, 2.75) is 95.9 Å². The number of carbonyl (C=O) groups is 2. The van der Waals surface area contributed by atoms with Crippen molar-refractivity contribution in [1.29, 1.82) is 0 Å². The standard InChI is InChI=1S/2C10H15.2C3H6O2.Ti/c2*1-7-6-10(4,5)9(3)8(7)2;2*1-2-3(4)5;/h2*1-5H3;2*2H2,1H3,(H,4,5);/q;;;;+2/p-2. The minimum atomic E-state index is -4.42. The second-order valence-electron chi connectivity index (χ2n) is 10.0. The molecule has 2 aliphatic rings. The van der Waals surface area contributed by atoms with Gasteiger partial charge in [0.2, 0.25) is 0 Å². The summed E-state index contributed by atoms with van der Waals surface area (Å²) in [5.74, 6) is -0.610. The minimum absolute atomic E-state index is 0.243. The molecule has 0 unspecified atom stereocenters. The van der Waals surface area contributed by atoms with E-state index in [4.69, 9.17) is 6.64 Å². The summed E-state index contributed by atoms with van der Waals surface area (Å²) in [5, 5.41) is 0. The summed E-state index contributed by atoms with van der Waals surface area (Å²) < 4.78 is 15.0. The first-order chi connectivity index (χ1) is 14.1. The molecule has 5 heteroatoms. The second kappa shape index (κ2) is 8.52. The molecule has 0 aromatic carbocycles. The number of hydrogen-bond acceptors (Lipinski definition) is 4. The van der Waals surface area contributed by atoms with E-state index in [1.54, 1.807) is 13.8 Å². The van der Waals surface area contributed by atoms with Gasteiger partial charge in [-0.05, 0) is 0 Å². The van der Waals surface area contributed by atoms with Crippen molar-refractivity contribution in [3.05, 3.63) is 41.2 Å². The maximum absolute atomic E-state index is 12.9. The van der Waals surface area contributed by atoms with E-state index in [1.807, 2.05) is 0 Å². The molecule has 0 aliphatic heterocycles. The number of hydrogen-bond donors (Lipinski definition) is 0. The Bertz CT molecular complexity index is 876. The van der Waals surface area contributed by atoms with Crippen molar-refractivity contribution in [2.24, 2.45) is 10.8 Å². The number of carbonyl (C=O) groups excluding carboxylic acids is 2. The fourth-order valence-corrected chi connectivity index (χ4v) is 13.1. The molecule has 2 rings (SSSR count). The summed E-state index contributed by atoms with van der Waals surface area (Å²) in [6.07, 6.45) is 0.486. The maximum atomic E-state index is 12.9. The molecule has 0 saturated heterocycles.